The molecule has 3 heteroatoms. The first-order valence-corrected chi connectivity index (χ1v) is 7.53. The summed E-state index contributed by atoms with van der Waals surface area (Å²) in [6.07, 6.45) is 8.74. The molecule has 0 aromatic heterocycles. The van der Waals surface area contributed by atoms with Gasteiger partial charge in [0.15, 0.2) is 0 Å². The van der Waals surface area contributed by atoms with Crippen molar-refractivity contribution in [1.29, 1.82) is 0 Å². The van der Waals surface area contributed by atoms with Crippen LogP contribution in [0.3, 0.4) is 0 Å². The lowest BCUT2D eigenvalue weighted by Gasteiger charge is -2.20. The van der Waals surface area contributed by atoms with Gasteiger partial charge in [-0.05, 0) is 61.3 Å². The van der Waals surface area contributed by atoms with Crippen molar-refractivity contribution < 1.29 is 4.79 Å². The van der Waals surface area contributed by atoms with Gasteiger partial charge in [0.2, 0.25) is 5.91 Å². The fourth-order valence-corrected chi connectivity index (χ4v) is 2.36. The van der Waals surface area contributed by atoms with E-state index in [4.69, 9.17) is 5.73 Å². The minimum absolute atomic E-state index is 0.153. The number of carbonyl (C=O) groups is 1. The molecule has 0 aliphatic heterocycles. The molecule has 0 radical (unpaired) electrons. The molecule has 3 rings (SSSR count). The van der Waals surface area contributed by atoms with Crippen molar-refractivity contribution in [1.82, 2.24) is 4.90 Å². The topological polar surface area (TPSA) is 46.3 Å². The number of anilines is 1. The molecule has 2 aliphatic rings. The van der Waals surface area contributed by atoms with Gasteiger partial charge in [0.25, 0.3) is 0 Å². The van der Waals surface area contributed by atoms with E-state index in [1.165, 1.54) is 25.7 Å². The molecular weight excluding hydrogens is 248 g/mol. The normalized spacial score (nSPS) is 18.4. The summed E-state index contributed by atoms with van der Waals surface area (Å²) in [4.78, 5) is 14.4. The molecule has 0 saturated heterocycles. The van der Waals surface area contributed by atoms with Crippen molar-refractivity contribution in [3.8, 4) is 0 Å². The highest BCUT2D eigenvalue weighted by atomic mass is 16.2. The van der Waals surface area contributed by atoms with Crippen molar-refractivity contribution in [3.05, 3.63) is 35.9 Å². The number of amides is 1. The maximum absolute atomic E-state index is 12.3. The van der Waals surface area contributed by atoms with Crippen LogP contribution in [0.1, 0.15) is 31.2 Å². The molecule has 3 nitrogen and oxygen atoms in total. The van der Waals surface area contributed by atoms with Crippen molar-refractivity contribution in [2.24, 2.45) is 11.8 Å². The van der Waals surface area contributed by atoms with Crippen LogP contribution in [0.2, 0.25) is 0 Å². The van der Waals surface area contributed by atoms with Gasteiger partial charge in [-0.15, -0.1) is 0 Å². The zero-order valence-corrected chi connectivity index (χ0v) is 11.8. The standard InChI is InChI=1S/C17H22N2O/c18-16-8-5-13(6-9-16)7-10-17(20)19(11-14-1-2-14)12-15-3-4-15/h5-10,14-15H,1-4,11-12,18H2/b10-7+. The second-order valence-corrected chi connectivity index (χ2v) is 6.13. The summed E-state index contributed by atoms with van der Waals surface area (Å²) in [6.45, 7) is 1.89. The average Bonchev–Trinajstić information content (AvgIpc) is 3.32. The second kappa shape index (κ2) is 5.70. The lowest BCUT2D eigenvalue weighted by Crippen LogP contribution is -2.33. The van der Waals surface area contributed by atoms with E-state index in [0.29, 0.717) is 0 Å². The summed E-state index contributed by atoms with van der Waals surface area (Å²) < 4.78 is 0. The highest BCUT2D eigenvalue weighted by Gasteiger charge is 2.30. The third kappa shape index (κ3) is 3.86. The van der Waals surface area contributed by atoms with Crippen LogP contribution in [-0.2, 0) is 4.79 Å². The maximum Gasteiger partial charge on any atom is 0.246 e. The van der Waals surface area contributed by atoms with E-state index in [-0.39, 0.29) is 5.91 Å². The number of hydrogen-bond acceptors (Lipinski definition) is 2. The molecule has 2 fully saturated rings. The maximum atomic E-state index is 12.3. The summed E-state index contributed by atoms with van der Waals surface area (Å²) >= 11 is 0. The van der Waals surface area contributed by atoms with Crippen molar-refractivity contribution in [3.63, 3.8) is 0 Å². The van der Waals surface area contributed by atoms with Crippen molar-refractivity contribution in [2.75, 3.05) is 18.8 Å². The SMILES string of the molecule is Nc1ccc(/C=C/C(=O)N(CC2CC2)CC2CC2)cc1. The third-order valence-electron chi connectivity index (χ3n) is 4.02. The molecule has 20 heavy (non-hydrogen) atoms. The first kappa shape index (κ1) is 13.2. The van der Waals surface area contributed by atoms with Crippen LogP contribution in [0.5, 0.6) is 0 Å². The Kier molecular flexibility index (Phi) is 3.77. The van der Waals surface area contributed by atoms with Crippen LogP contribution in [0.4, 0.5) is 5.69 Å². The van der Waals surface area contributed by atoms with Gasteiger partial charge in [-0.3, -0.25) is 4.79 Å². The number of nitrogen functional groups attached to an aromatic ring is 1. The van der Waals surface area contributed by atoms with E-state index in [1.54, 1.807) is 6.08 Å². The third-order valence-corrected chi connectivity index (χ3v) is 4.02. The Morgan fingerprint density at radius 3 is 2.15 bits per heavy atom. The van der Waals surface area contributed by atoms with Crippen molar-refractivity contribution in [2.45, 2.75) is 25.7 Å². The fourth-order valence-electron chi connectivity index (χ4n) is 2.36. The van der Waals surface area contributed by atoms with Crippen LogP contribution in [0.15, 0.2) is 30.3 Å². The predicted octanol–water partition coefficient (Wildman–Crippen LogP) is 2.93. The molecule has 0 heterocycles. The molecule has 0 bridgehead atoms. The lowest BCUT2D eigenvalue weighted by atomic mass is 10.2. The molecule has 1 amide bonds. The predicted molar refractivity (Wildman–Crippen MR) is 81.9 cm³/mol. The van der Waals surface area contributed by atoms with Gasteiger partial charge in [-0.1, -0.05) is 12.1 Å². The van der Waals surface area contributed by atoms with E-state index in [1.807, 2.05) is 35.2 Å². The Morgan fingerprint density at radius 1 is 1.10 bits per heavy atom. The summed E-state index contributed by atoms with van der Waals surface area (Å²) in [7, 11) is 0. The second-order valence-electron chi connectivity index (χ2n) is 6.13. The molecule has 2 saturated carbocycles. The summed E-state index contributed by atoms with van der Waals surface area (Å²) in [6, 6.07) is 7.59. The van der Waals surface area contributed by atoms with E-state index < -0.39 is 0 Å². The lowest BCUT2D eigenvalue weighted by molar-refractivity contribution is -0.126. The molecular formula is C17H22N2O. The van der Waals surface area contributed by atoms with Gasteiger partial charge < -0.3 is 10.6 Å². The Hall–Kier alpha value is -1.77. The Balaban J connectivity index is 1.60. The van der Waals surface area contributed by atoms with E-state index in [9.17, 15) is 4.79 Å². The molecule has 1 aromatic rings. The number of nitrogens with zero attached hydrogens (tertiary/aromatic N) is 1. The van der Waals surface area contributed by atoms with Crippen LogP contribution in [0, 0.1) is 11.8 Å². The molecule has 0 spiro atoms. The number of nitrogens with two attached hydrogens (primary N) is 1. The molecule has 2 aliphatic carbocycles. The quantitative estimate of drug-likeness (QED) is 0.638. The number of benzene rings is 1. The number of carbonyl (C=O) groups excluding carboxylic acids is 1. The Labute approximate surface area is 120 Å². The Morgan fingerprint density at radius 2 is 1.65 bits per heavy atom. The van der Waals surface area contributed by atoms with Gasteiger partial charge >= 0.3 is 0 Å². The minimum atomic E-state index is 0.153. The van der Waals surface area contributed by atoms with Gasteiger partial charge in [-0.2, -0.15) is 0 Å². The summed E-state index contributed by atoms with van der Waals surface area (Å²) in [5.41, 5.74) is 7.42. The molecule has 1 aromatic carbocycles. The van der Waals surface area contributed by atoms with Crippen LogP contribution < -0.4 is 5.73 Å². The van der Waals surface area contributed by atoms with Gasteiger partial charge in [0.05, 0.1) is 0 Å². The van der Waals surface area contributed by atoms with Crippen LogP contribution in [0.25, 0.3) is 6.08 Å². The van der Waals surface area contributed by atoms with Crippen LogP contribution in [-0.4, -0.2) is 23.9 Å². The van der Waals surface area contributed by atoms with E-state index in [0.717, 1.165) is 36.2 Å². The first-order chi connectivity index (χ1) is 9.70. The smallest absolute Gasteiger partial charge is 0.246 e. The van der Waals surface area contributed by atoms with Crippen LogP contribution >= 0.6 is 0 Å². The highest BCUT2D eigenvalue weighted by molar-refractivity contribution is 5.91. The monoisotopic (exact) mass is 270 g/mol. The van der Waals surface area contributed by atoms with Crippen molar-refractivity contribution >= 4 is 17.7 Å². The molecule has 0 atom stereocenters. The number of hydrogen-bond donors (Lipinski definition) is 1. The molecule has 2 N–H and O–H groups in total. The largest absolute Gasteiger partial charge is 0.399 e. The molecule has 106 valence electrons. The fraction of sp³-hybridized carbons (Fsp3) is 0.471. The van der Waals surface area contributed by atoms with E-state index in [2.05, 4.69) is 0 Å². The average molecular weight is 270 g/mol. The minimum Gasteiger partial charge on any atom is -0.399 e. The van der Waals surface area contributed by atoms with E-state index >= 15 is 0 Å². The first-order valence-electron chi connectivity index (χ1n) is 7.53. The number of rotatable bonds is 6. The molecule has 0 unspecified atom stereocenters. The van der Waals surface area contributed by atoms with Gasteiger partial charge in [0.1, 0.15) is 0 Å². The zero-order chi connectivity index (χ0) is 13.9. The summed E-state index contributed by atoms with van der Waals surface area (Å²) in [5.74, 6) is 1.66. The highest BCUT2D eigenvalue weighted by Crippen LogP contribution is 2.33. The van der Waals surface area contributed by atoms with Gasteiger partial charge in [-0.25, -0.2) is 0 Å². The summed E-state index contributed by atoms with van der Waals surface area (Å²) in [5, 5.41) is 0. The Bertz CT molecular complexity index is 484. The zero-order valence-electron chi connectivity index (χ0n) is 11.8. The van der Waals surface area contributed by atoms with Gasteiger partial charge in [0, 0.05) is 24.9 Å².